The molecule has 2 aromatic carbocycles. The number of nitrogens with zero attached hydrogens (tertiary/aromatic N) is 6. The molecule has 5 rings (SSSR count). The van der Waals surface area contributed by atoms with Gasteiger partial charge in [0.2, 0.25) is 0 Å². The van der Waals surface area contributed by atoms with Crippen LogP contribution in [0.5, 0.6) is 5.75 Å². The Morgan fingerprint density at radius 2 is 1.76 bits per heavy atom. The molecule has 9 nitrogen and oxygen atoms in total. The number of fused-ring (bicyclic) bond motifs is 1. The van der Waals surface area contributed by atoms with Crippen LogP contribution in [0.3, 0.4) is 0 Å². The van der Waals surface area contributed by atoms with Crippen LogP contribution >= 0.6 is 0 Å². The van der Waals surface area contributed by atoms with E-state index in [9.17, 15) is 9.59 Å². The Kier molecular flexibility index (Phi) is 5.29. The molecule has 0 saturated carbocycles. The molecular weight excluding hydrogens is 420 g/mol. The Balaban J connectivity index is 1.40. The van der Waals surface area contributed by atoms with E-state index in [-0.39, 0.29) is 6.03 Å². The Bertz CT molecular complexity index is 1370. The summed E-state index contributed by atoms with van der Waals surface area (Å²) in [5, 5.41) is 0. The van der Waals surface area contributed by atoms with E-state index in [2.05, 4.69) is 14.9 Å². The van der Waals surface area contributed by atoms with Crippen molar-refractivity contribution in [2.75, 3.05) is 38.2 Å². The molecule has 1 amide bonds. The second kappa shape index (κ2) is 8.42. The summed E-state index contributed by atoms with van der Waals surface area (Å²) in [5.74, 6) is 1.30. The quantitative estimate of drug-likeness (QED) is 0.483. The van der Waals surface area contributed by atoms with Crippen molar-refractivity contribution in [1.82, 2.24) is 24.0 Å². The van der Waals surface area contributed by atoms with Crippen LogP contribution in [0.25, 0.3) is 22.6 Å². The first-order valence-corrected chi connectivity index (χ1v) is 10.7. The van der Waals surface area contributed by atoms with Crippen LogP contribution in [0.1, 0.15) is 0 Å². The van der Waals surface area contributed by atoms with Crippen molar-refractivity contribution in [1.29, 1.82) is 0 Å². The van der Waals surface area contributed by atoms with Crippen molar-refractivity contribution >= 4 is 22.9 Å². The lowest BCUT2D eigenvalue weighted by Crippen LogP contribution is -2.51. The first-order valence-electron chi connectivity index (χ1n) is 10.7. The number of amides is 1. The molecule has 0 unspecified atom stereocenters. The molecule has 0 spiro atoms. The van der Waals surface area contributed by atoms with Crippen LogP contribution in [0.15, 0.2) is 65.6 Å². The maximum absolute atomic E-state index is 13.3. The van der Waals surface area contributed by atoms with Gasteiger partial charge in [0.25, 0.3) is 0 Å². The third-order valence-electron chi connectivity index (χ3n) is 5.98. The van der Waals surface area contributed by atoms with E-state index in [1.165, 1.54) is 9.13 Å². The molecule has 1 aliphatic rings. The number of rotatable bonds is 3. The lowest BCUT2D eigenvalue weighted by molar-refractivity contribution is 0.196. The van der Waals surface area contributed by atoms with Gasteiger partial charge in [-0.1, -0.05) is 36.4 Å². The molecule has 4 aromatic rings. The van der Waals surface area contributed by atoms with Gasteiger partial charge in [0.1, 0.15) is 11.3 Å². The van der Waals surface area contributed by atoms with E-state index in [0.717, 1.165) is 17.0 Å². The highest BCUT2D eigenvalue weighted by molar-refractivity contribution is 5.88. The Morgan fingerprint density at radius 1 is 1.00 bits per heavy atom. The van der Waals surface area contributed by atoms with Crippen molar-refractivity contribution in [2.45, 2.75) is 0 Å². The Morgan fingerprint density at radius 3 is 2.48 bits per heavy atom. The number of imidazole rings is 1. The smallest absolute Gasteiger partial charge is 0.338 e. The molecule has 3 heterocycles. The summed E-state index contributed by atoms with van der Waals surface area (Å²) in [6.45, 7) is 2.32. The number of aryl methyl sites for hydroxylation is 1. The van der Waals surface area contributed by atoms with E-state index in [4.69, 9.17) is 4.74 Å². The topological polar surface area (TPSA) is 85.5 Å². The summed E-state index contributed by atoms with van der Waals surface area (Å²) in [7, 11) is 3.26. The molecule has 0 aliphatic carbocycles. The molecule has 0 N–H and O–H groups in total. The first-order chi connectivity index (χ1) is 16.1. The highest BCUT2D eigenvalue weighted by Gasteiger charge is 2.27. The van der Waals surface area contributed by atoms with Gasteiger partial charge >= 0.3 is 11.7 Å². The minimum Gasteiger partial charge on any atom is -0.497 e. The fourth-order valence-corrected chi connectivity index (χ4v) is 4.13. The van der Waals surface area contributed by atoms with Gasteiger partial charge in [-0.2, -0.15) is 0 Å². The minimum atomic E-state index is -0.426. The summed E-state index contributed by atoms with van der Waals surface area (Å²) in [4.78, 5) is 39.2. The van der Waals surface area contributed by atoms with E-state index in [1.807, 2.05) is 54.6 Å². The van der Waals surface area contributed by atoms with Crippen LogP contribution < -0.4 is 15.3 Å². The standard InChI is InChI=1S/C24H24N6O3/c1-27-22-20(16-25-21(26-22)17-7-4-3-5-8-17)30(23(27)31)24(32)29-13-11-28(12-14-29)18-9-6-10-19(15-18)33-2/h3-10,15-16H,11-14H2,1-2H3. The number of ether oxygens (including phenoxy) is 1. The van der Waals surface area contributed by atoms with Gasteiger partial charge in [-0.05, 0) is 12.1 Å². The summed E-state index contributed by atoms with van der Waals surface area (Å²) in [6, 6.07) is 17.0. The summed E-state index contributed by atoms with van der Waals surface area (Å²) < 4.78 is 7.88. The van der Waals surface area contributed by atoms with Crippen molar-refractivity contribution in [3.05, 3.63) is 71.3 Å². The molecule has 1 fully saturated rings. The zero-order chi connectivity index (χ0) is 22.9. The number of benzene rings is 2. The zero-order valence-electron chi connectivity index (χ0n) is 18.5. The molecule has 33 heavy (non-hydrogen) atoms. The number of carbonyl (C=O) groups excluding carboxylic acids is 1. The predicted molar refractivity (Wildman–Crippen MR) is 126 cm³/mol. The van der Waals surface area contributed by atoms with E-state index in [0.29, 0.717) is 43.2 Å². The predicted octanol–water partition coefficient (Wildman–Crippen LogP) is 2.60. The van der Waals surface area contributed by atoms with Gasteiger partial charge in [-0.25, -0.2) is 24.1 Å². The van der Waals surface area contributed by atoms with Crippen LogP contribution in [0.4, 0.5) is 10.5 Å². The zero-order valence-corrected chi connectivity index (χ0v) is 18.5. The highest BCUT2D eigenvalue weighted by atomic mass is 16.5. The number of hydrogen-bond acceptors (Lipinski definition) is 6. The number of methoxy groups -OCH3 is 1. The molecule has 9 heteroatoms. The first kappa shape index (κ1) is 20.7. The van der Waals surface area contributed by atoms with Gasteiger partial charge in [0.15, 0.2) is 11.5 Å². The van der Waals surface area contributed by atoms with Gasteiger partial charge in [-0.15, -0.1) is 0 Å². The van der Waals surface area contributed by atoms with Crippen molar-refractivity contribution < 1.29 is 9.53 Å². The van der Waals surface area contributed by atoms with Gasteiger partial charge in [0, 0.05) is 50.5 Å². The fraction of sp³-hybridized carbons (Fsp3) is 0.250. The number of aromatic nitrogens is 4. The number of anilines is 1. The van der Waals surface area contributed by atoms with Crippen molar-refractivity contribution in [2.24, 2.45) is 7.05 Å². The summed E-state index contributed by atoms with van der Waals surface area (Å²) in [6.07, 6.45) is 1.55. The largest absolute Gasteiger partial charge is 0.497 e. The molecular formula is C24H24N6O3. The summed E-state index contributed by atoms with van der Waals surface area (Å²) in [5.41, 5.74) is 2.30. The maximum atomic E-state index is 13.3. The van der Waals surface area contributed by atoms with E-state index >= 15 is 0 Å². The van der Waals surface area contributed by atoms with Gasteiger partial charge in [-0.3, -0.25) is 4.57 Å². The van der Waals surface area contributed by atoms with E-state index in [1.54, 1.807) is 25.3 Å². The van der Waals surface area contributed by atoms with Crippen molar-refractivity contribution in [3.63, 3.8) is 0 Å². The monoisotopic (exact) mass is 444 g/mol. The van der Waals surface area contributed by atoms with Crippen LogP contribution in [0, 0.1) is 0 Å². The lowest BCUT2D eigenvalue weighted by atomic mass is 10.2. The third-order valence-corrected chi connectivity index (χ3v) is 5.98. The van der Waals surface area contributed by atoms with Crippen molar-refractivity contribution in [3.8, 4) is 17.1 Å². The second-order valence-corrected chi connectivity index (χ2v) is 7.90. The lowest BCUT2D eigenvalue weighted by Gasteiger charge is -2.36. The molecule has 1 saturated heterocycles. The average Bonchev–Trinajstić information content (AvgIpc) is 3.13. The third kappa shape index (κ3) is 3.71. The molecule has 0 atom stereocenters. The second-order valence-electron chi connectivity index (χ2n) is 7.90. The normalized spacial score (nSPS) is 14.0. The molecule has 2 aromatic heterocycles. The number of piperazine rings is 1. The van der Waals surface area contributed by atoms with Crippen LogP contribution in [-0.4, -0.2) is 63.3 Å². The van der Waals surface area contributed by atoms with Crippen LogP contribution in [-0.2, 0) is 7.05 Å². The fourth-order valence-electron chi connectivity index (χ4n) is 4.13. The minimum absolute atomic E-state index is 0.355. The van der Waals surface area contributed by atoms with Gasteiger partial charge in [0.05, 0.1) is 13.3 Å². The molecule has 0 radical (unpaired) electrons. The SMILES string of the molecule is COc1cccc(N2CCN(C(=O)n3c(=O)n(C)c4nc(-c5ccccc5)ncc43)CC2)c1. The maximum Gasteiger partial charge on any atom is 0.338 e. The van der Waals surface area contributed by atoms with Gasteiger partial charge < -0.3 is 14.5 Å². The average molecular weight is 444 g/mol. The molecule has 0 bridgehead atoms. The number of carbonyl (C=O) groups is 1. The number of hydrogen-bond donors (Lipinski definition) is 0. The van der Waals surface area contributed by atoms with Crippen LogP contribution in [0.2, 0.25) is 0 Å². The Hall–Kier alpha value is -4.14. The highest BCUT2D eigenvalue weighted by Crippen LogP contribution is 2.23. The summed E-state index contributed by atoms with van der Waals surface area (Å²) >= 11 is 0. The molecule has 1 aliphatic heterocycles. The molecule has 168 valence electrons. The van der Waals surface area contributed by atoms with E-state index < -0.39 is 5.69 Å². The Labute approximate surface area is 190 Å².